The van der Waals surface area contributed by atoms with Crippen LogP contribution in [0.1, 0.15) is 5.56 Å². The third-order valence-electron chi connectivity index (χ3n) is 3.47. The Morgan fingerprint density at radius 1 is 1.12 bits per heavy atom. The zero-order valence-corrected chi connectivity index (χ0v) is 15.6. The van der Waals surface area contributed by atoms with Gasteiger partial charge in [0.05, 0.1) is 13.2 Å². The van der Waals surface area contributed by atoms with Crippen molar-refractivity contribution in [2.45, 2.75) is 5.75 Å². The van der Waals surface area contributed by atoms with Crippen LogP contribution in [0.15, 0.2) is 42.5 Å². The molecule has 0 saturated carbocycles. The Balaban J connectivity index is 0.00000288. The molecule has 0 heterocycles. The number of ether oxygens (including phenoxy) is 1. The monoisotopic (exact) mass is 368 g/mol. The fraction of sp³-hybridized carbons (Fsp3) is 0.389. The fourth-order valence-corrected chi connectivity index (χ4v) is 3.16. The van der Waals surface area contributed by atoms with E-state index in [0.29, 0.717) is 26.2 Å². The number of halogens is 1. The van der Waals surface area contributed by atoms with Gasteiger partial charge in [0.1, 0.15) is 0 Å². The molecular formula is C18H25ClN2O2S. The van der Waals surface area contributed by atoms with Crippen LogP contribution in [-0.4, -0.2) is 45.0 Å². The van der Waals surface area contributed by atoms with Gasteiger partial charge in [-0.2, -0.15) is 11.8 Å². The zero-order chi connectivity index (χ0) is 16.3. The normalized spacial score (nSPS) is 10.4. The molecule has 1 amide bonds. The van der Waals surface area contributed by atoms with E-state index in [1.54, 1.807) is 7.11 Å². The molecule has 0 fully saturated rings. The average molecular weight is 369 g/mol. The first-order valence-corrected chi connectivity index (χ1v) is 8.97. The van der Waals surface area contributed by atoms with Crippen molar-refractivity contribution in [2.75, 3.05) is 39.1 Å². The highest BCUT2D eigenvalue weighted by Crippen LogP contribution is 2.22. The summed E-state index contributed by atoms with van der Waals surface area (Å²) in [7, 11) is 1.65. The Kier molecular flexibility index (Phi) is 10.5. The van der Waals surface area contributed by atoms with Gasteiger partial charge in [-0.1, -0.05) is 42.5 Å². The molecule has 0 spiro atoms. The van der Waals surface area contributed by atoms with Crippen LogP contribution in [0.3, 0.4) is 0 Å². The third-order valence-corrected chi connectivity index (χ3v) is 4.48. The number of amides is 1. The molecule has 2 rings (SSSR count). The van der Waals surface area contributed by atoms with Crippen molar-refractivity contribution < 1.29 is 9.53 Å². The van der Waals surface area contributed by atoms with E-state index in [0.717, 1.165) is 11.5 Å². The summed E-state index contributed by atoms with van der Waals surface area (Å²) in [4.78, 5) is 11.6. The lowest BCUT2D eigenvalue weighted by molar-refractivity contribution is -0.120. The van der Waals surface area contributed by atoms with E-state index in [4.69, 9.17) is 4.74 Å². The summed E-state index contributed by atoms with van der Waals surface area (Å²) in [5.74, 6) is 1.91. The number of fused-ring (bicyclic) bond motifs is 1. The highest BCUT2D eigenvalue weighted by molar-refractivity contribution is 7.98. The highest BCUT2D eigenvalue weighted by Gasteiger charge is 2.02. The maximum absolute atomic E-state index is 11.6. The van der Waals surface area contributed by atoms with Gasteiger partial charge in [-0.3, -0.25) is 4.79 Å². The number of carbonyl (C=O) groups excluding carboxylic acids is 1. The molecule has 0 aliphatic rings. The Morgan fingerprint density at radius 3 is 2.75 bits per heavy atom. The van der Waals surface area contributed by atoms with E-state index in [1.807, 2.05) is 11.8 Å². The van der Waals surface area contributed by atoms with Gasteiger partial charge < -0.3 is 15.4 Å². The second-order valence-electron chi connectivity index (χ2n) is 5.21. The van der Waals surface area contributed by atoms with Gasteiger partial charge in [-0.05, 0) is 16.3 Å². The summed E-state index contributed by atoms with van der Waals surface area (Å²) < 4.78 is 4.91. The molecule has 0 aromatic heterocycles. The van der Waals surface area contributed by atoms with Crippen LogP contribution < -0.4 is 10.6 Å². The van der Waals surface area contributed by atoms with E-state index >= 15 is 0 Å². The molecule has 0 aliphatic heterocycles. The largest absolute Gasteiger partial charge is 0.383 e. The summed E-state index contributed by atoms with van der Waals surface area (Å²) in [5.41, 5.74) is 1.35. The van der Waals surface area contributed by atoms with Gasteiger partial charge in [0.2, 0.25) is 5.91 Å². The number of methoxy groups -OCH3 is 1. The molecule has 0 aliphatic carbocycles. The van der Waals surface area contributed by atoms with Crippen molar-refractivity contribution in [2.24, 2.45) is 0 Å². The van der Waals surface area contributed by atoms with Crippen molar-refractivity contribution in [1.82, 2.24) is 10.6 Å². The molecule has 2 aromatic carbocycles. The van der Waals surface area contributed by atoms with Crippen molar-refractivity contribution in [1.29, 1.82) is 0 Å². The number of nitrogens with one attached hydrogen (secondary N) is 2. The molecule has 0 radical (unpaired) electrons. The predicted molar refractivity (Wildman–Crippen MR) is 105 cm³/mol. The maximum atomic E-state index is 11.6. The summed E-state index contributed by atoms with van der Waals surface area (Å²) in [6.45, 7) is 2.35. The van der Waals surface area contributed by atoms with Gasteiger partial charge in [-0.15, -0.1) is 12.4 Å². The van der Waals surface area contributed by atoms with Gasteiger partial charge >= 0.3 is 0 Å². The van der Waals surface area contributed by atoms with Crippen LogP contribution >= 0.6 is 24.2 Å². The molecule has 0 saturated heterocycles. The molecule has 0 unspecified atom stereocenters. The minimum atomic E-state index is 0. The van der Waals surface area contributed by atoms with Crippen molar-refractivity contribution in [3.8, 4) is 0 Å². The molecule has 24 heavy (non-hydrogen) atoms. The Bertz CT molecular complexity index is 619. The molecule has 0 bridgehead atoms. The van der Waals surface area contributed by atoms with Crippen molar-refractivity contribution >= 4 is 40.8 Å². The molecule has 2 aromatic rings. The van der Waals surface area contributed by atoms with Crippen molar-refractivity contribution in [3.05, 3.63) is 48.0 Å². The van der Waals surface area contributed by atoms with Crippen LogP contribution in [0, 0.1) is 0 Å². The Labute approximate surface area is 154 Å². The quantitative estimate of drug-likeness (QED) is 0.633. The summed E-state index contributed by atoms with van der Waals surface area (Å²) >= 11 is 1.84. The second kappa shape index (κ2) is 12.1. The van der Waals surface area contributed by atoms with E-state index in [-0.39, 0.29) is 18.3 Å². The number of hydrogen-bond acceptors (Lipinski definition) is 4. The smallest absolute Gasteiger partial charge is 0.233 e. The number of thioether (sulfide) groups is 1. The summed E-state index contributed by atoms with van der Waals surface area (Å²) in [6, 6.07) is 14.9. The molecule has 132 valence electrons. The first-order valence-electron chi connectivity index (χ1n) is 7.82. The molecule has 4 nitrogen and oxygen atoms in total. The summed E-state index contributed by atoms with van der Waals surface area (Å²) in [5, 5.41) is 8.54. The maximum Gasteiger partial charge on any atom is 0.233 e. The van der Waals surface area contributed by atoms with E-state index in [9.17, 15) is 4.79 Å². The van der Waals surface area contributed by atoms with Crippen LogP contribution in [0.2, 0.25) is 0 Å². The number of benzene rings is 2. The first-order chi connectivity index (χ1) is 11.3. The molecule has 0 atom stereocenters. The highest BCUT2D eigenvalue weighted by atomic mass is 35.5. The number of rotatable bonds is 10. The molecule has 2 N–H and O–H groups in total. The Morgan fingerprint density at radius 2 is 1.92 bits per heavy atom. The Hall–Kier alpha value is -1.27. The zero-order valence-electron chi connectivity index (χ0n) is 13.9. The minimum absolute atomic E-state index is 0. The number of hydrogen-bond donors (Lipinski definition) is 2. The fourth-order valence-electron chi connectivity index (χ4n) is 2.30. The van der Waals surface area contributed by atoms with E-state index in [2.05, 4.69) is 53.1 Å². The topological polar surface area (TPSA) is 50.4 Å². The van der Waals surface area contributed by atoms with Gasteiger partial charge in [0.15, 0.2) is 0 Å². The SMILES string of the molecule is COCCNCC(=O)NCCSCc1cccc2ccccc12.Cl. The molecule has 6 heteroatoms. The van der Waals surface area contributed by atoms with Gasteiger partial charge in [-0.25, -0.2) is 0 Å². The van der Waals surface area contributed by atoms with E-state index < -0.39 is 0 Å². The van der Waals surface area contributed by atoms with Crippen molar-refractivity contribution in [3.63, 3.8) is 0 Å². The predicted octanol–water partition coefficient (Wildman–Crippen LogP) is 2.85. The standard InChI is InChI=1S/C18H24N2O2S.ClH/c1-22-11-9-19-13-18(21)20-10-12-23-14-16-7-4-6-15-5-2-3-8-17(15)16;/h2-8,19H,9-14H2,1H3,(H,20,21);1H. The summed E-state index contributed by atoms with van der Waals surface area (Å²) in [6.07, 6.45) is 0. The van der Waals surface area contributed by atoms with Crippen LogP contribution in [0.25, 0.3) is 10.8 Å². The van der Waals surface area contributed by atoms with Crippen LogP contribution in [-0.2, 0) is 15.3 Å². The second-order valence-corrected chi connectivity index (χ2v) is 6.32. The third kappa shape index (κ3) is 7.09. The van der Waals surface area contributed by atoms with E-state index in [1.165, 1.54) is 16.3 Å². The lowest BCUT2D eigenvalue weighted by atomic mass is 10.1. The van der Waals surface area contributed by atoms with Gasteiger partial charge in [0.25, 0.3) is 0 Å². The average Bonchev–Trinajstić information content (AvgIpc) is 2.58. The van der Waals surface area contributed by atoms with Crippen LogP contribution in [0.5, 0.6) is 0 Å². The van der Waals surface area contributed by atoms with Gasteiger partial charge in [0, 0.05) is 31.7 Å². The number of carbonyl (C=O) groups is 1. The van der Waals surface area contributed by atoms with Crippen LogP contribution in [0.4, 0.5) is 0 Å². The molecular weight excluding hydrogens is 344 g/mol. The lowest BCUT2D eigenvalue weighted by Crippen LogP contribution is -2.36. The lowest BCUT2D eigenvalue weighted by Gasteiger charge is -2.08. The first kappa shape index (κ1) is 20.8. The minimum Gasteiger partial charge on any atom is -0.383 e.